The maximum atomic E-state index is 8.10. The Morgan fingerprint density at radius 2 is 1.63 bits per heavy atom. The van der Waals surface area contributed by atoms with Crippen LogP contribution in [0.3, 0.4) is 0 Å². The van der Waals surface area contributed by atoms with E-state index in [1.54, 1.807) is 0 Å². The average molecular weight is 266 g/mol. The average Bonchev–Trinajstić information content (AvgIpc) is 2.82. The van der Waals surface area contributed by atoms with Gasteiger partial charge in [-0.15, -0.1) is 11.3 Å². The Labute approximate surface area is 116 Å². The van der Waals surface area contributed by atoms with Gasteiger partial charge in [0.05, 0.1) is 5.69 Å². The molecule has 2 nitrogen and oxygen atoms in total. The van der Waals surface area contributed by atoms with Gasteiger partial charge in [0.2, 0.25) is 0 Å². The minimum atomic E-state index is 0.543. The summed E-state index contributed by atoms with van der Waals surface area (Å²) in [4.78, 5) is 0.543. The molecule has 0 amide bonds. The van der Waals surface area contributed by atoms with E-state index in [1.165, 1.54) is 16.9 Å². The van der Waals surface area contributed by atoms with Crippen LogP contribution in [0.25, 0.3) is 16.9 Å². The highest BCUT2D eigenvalue weighted by atomic mass is 32.1. The SMILES string of the molecule is Cc1ccc(-c2csc(=N)n2-c2ccccc2)cc1. The van der Waals surface area contributed by atoms with Gasteiger partial charge in [-0.05, 0) is 24.6 Å². The molecule has 0 aliphatic rings. The molecule has 0 saturated carbocycles. The number of para-hydroxylation sites is 1. The van der Waals surface area contributed by atoms with Gasteiger partial charge in [-0.25, -0.2) is 0 Å². The standard InChI is InChI=1S/C16H14N2S/c1-12-7-9-13(10-8-12)15-11-19-16(17)18(15)14-5-3-2-4-6-14/h2-11,17H,1H3. The molecule has 1 N–H and O–H groups in total. The molecule has 0 saturated heterocycles. The second kappa shape index (κ2) is 4.86. The third kappa shape index (κ3) is 2.25. The normalized spacial score (nSPS) is 10.6. The van der Waals surface area contributed by atoms with Crippen LogP contribution >= 0.6 is 11.3 Å². The van der Waals surface area contributed by atoms with Crippen molar-refractivity contribution in [1.82, 2.24) is 4.57 Å². The first-order valence-electron chi connectivity index (χ1n) is 6.13. The minimum absolute atomic E-state index is 0.543. The summed E-state index contributed by atoms with van der Waals surface area (Å²) in [6, 6.07) is 18.5. The Balaban J connectivity index is 2.19. The molecule has 0 bridgehead atoms. The molecule has 0 spiro atoms. The van der Waals surface area contributed by atoms with Crippen molar-refractivity contribution in [3.8, 4) is 16.9 Å². The van der Waals surface area contributed by atoms with E-state index in [0.29, 0.717) is 4.80 Å². The van der Waals surface area contributed by atoms with E-state index < -0.39 is 0 Å². The van der Waals surface area contributed by atoms with Crippen LogP contribution in [0.1, 0.15) is 5.56 Å². The molecule has 0 radical (unpaired) electrons. The lowest BCUT2D eigenvalue weighted by atomic mass is 10.1. The quantitative estimate of drug-likeness (QED) is 0.726. The third-order valence-corrected chi connectivity index (χ3v) is 3.83. The molecule has 19 heavy (non-hydrogen) atoms. The first kappa shape index (κ1) is 11.9. The molecule has 3 rings (SSSR count). The molecule has 2 aromatic carbocycles. The van der Waals surface area contributed by atoms with E-state index in [-0.39, 0.29) is 0 Å². The van der Waals surface area contributed by atoms with Crippen molar-refractivity contribution in [3.63, 3.8) is 0 Å². The number of benzene rings is 2. The molecule has 3 heteroatoms. The molecule has 1 aromatic heterocycles. The fourth-order valence-electron chi connectivity index (χ4n) is 2.08. The second-order valence-corrected chi connectivity index (χ2v) is 5.32. The Kier molecular flexibility index (Phi) is 3.05. The van der Waals surface area contributed by atoms with Crippen LogP contribution in [0.2, 0.25) is 0 Å². The van der Waals surface area contributed by atoms with Crippen molar-refractivity contribution in [2.45, 2.75) is 6.92 Å². The van der Waals surface area contributed by atoms with Crippen LogP contribution in [0.5, 0.6) is 0 Å². The molecule has 0 fully saturated rings. The smallest absolute Gasteiger partial charge is 0.187 e. The van der Waals surface area contributed by atoms with Gasteiger partial charge in [0.1, 0.15) is 0 Å². The molecule has 1 heterocycles. The predicted molar refractivity (Wildman–Crippen MR) is 79.7 cm³/mol. The number of nitrogens with one attached hydrogen (secondary N) is 1. The van der Waals surface area contributed by atoms with E-state index >= 15 is 0 Å². The van der Waals surface area contributed by atoms with Gasteiger partial charge in [0.25, 0.3) is 0 Å². The Morgan fingerprint density at radius 3 is 2.32 bits per heavy atom. The zero-order valence-electron chi connectivity index (χ0n) is 10.6. The summed E-state index contributed by atoms with van der Waals surface area (Å²) in [5, 5.41) is 10.1. The van der Waals surface area contributed by atoms with Crippen LogP contribution in [-0.4, -0.2) is 4.57 Å². The number of hydrogen-bond acceptors (Lipinski definition) is 2. The number of aromatic nitrogens is 1. The molecule has 0 unspecified atom stereocenters. The minimum Gasteiger partial charge on any atom is -0.286 e. The monoisotopic (exact) mass is 266 g/mol. The lowest BCUT2D eigenvalue weighted by Crippen LogP contribution is -2.11. The summed E-state index contributed by atoms with van der Waals surface area (Å²) in [5.41, 5.74) is 4.49. The maximum absolute atomic E-state index is 8.10. The van der Waals surface area contributed by atoms with Crippen LogP contribution in [0.15, 0.2) is 60.0 Å². The topological polar surface area (TPSA) is 28.8 Å². The van der Waals surface area contributed by atoms with Crippen molar-refractivity contribution in [2.75, 3.05) is 0 Å². The third-order valence-electron chi connectivity index (χ3n) is 3.09. The van der Waals surface area contributed by atoms with E-state index in [9.17, 15) is 0 Å². The van der Waals surface area contributed by atoms with Crippen molar-refractivity contribution in [3.05, 3.63) is 70.3 Å². The fraction of sp³-hybridized carbons (Fsp3) is 0.0625. The van der Waals surface area contributed by atoms with Gasteiger partial charge in [-0.2, -0.15) is 0 Å². The first-order chi connectivity index (χ1) is 9.25. The van der Waals surface area contributed by atoms with Gasteiger partial charge in [-0.3, -0.25) is 9.98 Å². The Bertz CT molecular complexity index is 736. The van der Waals surface area contributed by atoms with Crippen molar-refractivity contribution < 1.29 is 0 Å². The van der Waals surface area contributed by atoms with Crippen LogP contribution in [0, 0.1) is 12.3 Å². The number of rotatable bonds is 2. The molecular weight excluding hydrogens is 252 g/mol. The van der Waals surface area contributed by atoms with E-state index in [4.69, 9.17) is 5.41 Å². The lowest BCUT2D eigenvalue weighted by molar-refractivity contribution is 0.987. The summed E-state index contributed by atoms with van der Waals surface area (Å²) < 4.78 is 1.98. The molecule has 0 atom stereocenters. The Morgan fingerprint density at radius 1 is 0.947 bits per heavy atom. The molecule has 3 aromatic rings. The predicted octanol–water partition coefficient (Wildman–Crippen LogP) is 3.99. The van der Waals surface area contributed by atoms with E-state index in [1.807, 2.05) is 40.3 Å². The van der Waals surface area contributed by atoms with Gasteiger partial charge in [-0.1, -0.05) is 48.0 Å². The van der Waals surface area contributed by atoms with Crippen LogP contribution < -0.4 is 4.80 Å². The summed E-state index contributed by atoms with van der Waals surface area (Å²) in [7, 11) is 0. The number of nitrogens with zero attached hydrogens (tertiary/aromatic N) is 1. The number of thiazole rings is 1. The zero-order valence-corrected chi connectivity index (χ0v) is 11.4. The van der Waals surface area contributed by atoms with Gasteiger partial charge >= 0.3 is 0 Å². The molecular formula is C16H14N2S. The summed E-state index contributed by atoms with van der Waals surface area (Å²) >= 11 is 1.45. The molecule has 94 valence electrons. The highest BCUT2D eigenvalue weighted by molar-refractivity contribution is 7.07. The van der Waals surface area contributed by atoms with Gasteiger partial charge in [0.15, 0.2) is 4.80 Å². The van der Waals surface area contributed by atoms with E-state index in [0.717, 1.165) is 16.9 Å². The summed E-state index contributed by atoms with van der Waals surface area (Å²) in [6.07, 6.45) is 0. The lowest BCUT2D eigenvalue weighted by Gasteiger charge is -2.08. The van der Waals surface area contributed by atoms with Crippen molar-refractivity contribution >= 4 is 11.3 Å². The maximum Gasteiger partial charge on any atom is 0.187 e. The van der Waals surface area contributed by atoms with Gasteiger partial charge in [0, 0.05) is 11.1 Å². The summed E-state index contributed by atoms with van der Waals surface area (Å²) in [5.74, 6) is 0. The number of hydrogen-bond donors (Lipinski definition) is 1. The van der Waals surface area contributed by atoms with Crippen molar-refractivity contribution in [1.29, 1.82) is 5.41 Å². The molecule has 0 aliphatic heterocycles. The largest absolute Gasteiger partial charge is 0.286 e. The second-order valence-electron chi connectivity index (χ2n) is 4.46. The highest BCUT2D eigenvalue weighted by Crippen LogP contribution is 2.23. The van der Waals surface area contributed by atoms with Gasteiger partial charge < -0.3 is 0 Å². The van der Waals surface area contributed by atoms with Crippen LogP contribution in [0.4, 0.5) is 0 Å². The van der Waals surface area contributed by atoms with E-state index in [2.05, 4.69) is 31.2 Å². The number of aryl methyl sites for hydroxylation is 1. The fourth-order valence-corrected chi connectivity index (χ4v) is 2.86. The van der Waals surface area contributed by atoms with Crippen LogP contribution in [-0.2, 0) is 0 Å². The summed E-state index contributed by atoms with van der Waals surface area (Å²) in [6.45, 7) is 2.08. The first-order valence-corrected chi connectivity index (χ1v) is 7.01. The Hall–Kier alpha value is -2.13. The zero-order chi connectivity index (χ0) is 13.2. The molecule has 0 aliphatic carbocycles. The van der Waals surface area contributed by atoms with Crippen molar-refractivity contribution in [2.24, 2.45) is 0 Å². The highest BCUT2D eigenvalue weighted by Gasteiger charge is 2.08.